The zero-order valence-electron chi connectivity index (χ0n) is 16.9. The van der Waals surface area contributed by atoms with E-state index in [-0.39, 0.29) is 5.82 Å². The van der Waals surface area contributed by atoms with Crippen LogP contribution in [0.5, 0.6) is 11.6 Å². The average Bonchev–Trinajstić information content (AvgIpc) is 3.04. The highest BCUT2D eigenvalue weighted by Gasteiger charge is 2.28. The Balaban J connectivity index is 1.33. The topological polar surface area (TPSA) is 69.0 Å². The van der Waals surface area contributed by atoms with E-state index in [0.717, 1.165) is 50.5 Å². The molecule has 0 N–H and O–H groups in total. The minimum absolute atomic E-state index is 0.295. The van der Waals surface area contributed by atoms with Crippen LogP contribution >= 0.6 is 0 Å². The Bertz CT molecular complexity index is 1010. The Morgan fingerprint density at radius 2 is 1.87 bits per heavy atom. The summed E-state index contributed by atoms with van der Waals surface area (Å²) < 4.78 is 21.2. The number of aryl methyl sites for hydroxylation is 1. The van der Waals surface area contributed by atoms with Gasteiger partial charge in [0.2, 0.25) is 11.8 Å². The fourth-order valence-corrected chi connectivity index (χ4v) is 4.34. The highest BCUT2D eigenvalue weighted by atomic mass is 19.1. The molecular weight excluding hydrogens is 383 g/mol. The van der Waals surface area contributed by atoms with Gasteiger partial charge < -0.3 is 14.2 Å². The summed E-state index contributed by atoms with van der Waals surface area (Å²) >= 11 is 0. The van der Waals surface area contributed by atoms with Crippen LogP contribution in [0, 0.1) is 5.82 Å². The van der Waals surface area contributed by atoms with Gasteiger partial charge in [-0.3, -0.25) is 0 Å². The maximum absolute atomic E-state index is 13.1. The third-order valence-electron chi connectivity index (χ3n) is 5.86. The van der Waals surface area contributed by atoms with Gasteiger partial charge in [-0.25, -0.2) is 9.37 Å². The summed E-state index contributed by atoms with van der Waals surface area (Å²) in [6, 6.07) is 7.63. The van der Waals surface area contributed by atoms with Crippen LogP contribution in [0.15, 0.2) is 36.5 Å². The lowest BCUT2D eigenvalue weighted by Crippen LogP contribution is -2.36. The van der Waals surface area contributed by atoms with Gasteiger partial charge in [0.25, 0.3) is 0 Å². The standard InChI is InChI=1S/C22H25FN6O/c23-17-7-9-18(10-8-17)30-20-11-12-24-22(25-20)28-13-4-5-16(15-28)21-27-26-19-6-2-1-3-14-29(19)21/h7-12,16H,1-6,13-15H2. The van der Waals surface area contributed by atoms with Crippen LogP contribution in [-0.4, -0.2) is 37.8 Å². The molecule has 0 aliphatic carbocycles. The molecule has 0 radical (unpaired) electrons. The first kappa shape index (κ1) is 19.0. The van der Waals surface area contributed by atoms with E-state index in [1.807, 2.05) is 0 Å². The molecule has 8 heteroatoms. The van der Waals surface area contributed by atoms with Crippen molar-refractivity contribution >= 4 is 5.95 Å². The monoisotopic (exact) mass is 408 g/mol. The molecular formula is C22H25FN6O. The van der Waals surface area contributed by atoms with Gasteiger partial charge in [0.15, 0.2) is 0 Å². The highest BCUT2D eigenvalue weighted by Crippen LogP contribution is 2.30. The molecule has 0 spiro atoms. The minimum atomic E-state index is -0.295. The van der Waals surface area contributed by atoms with Gasteiger partial charge in [-0.15, -0.1) is 10.2 Å². The predicted octanol–water partition coefficient (Wildman–Crippen LogP) is 4.11. The number of benzene rings is 1. The van der Waals surface area contributed by atoms with E-state index in [0.29, 0.717) is 23.5 Å². The van der Waals surface area contributed by atoms with Crippen molar-refractivity contribution in [3.05, 3.63) is 54.0 Å². The van der Waals surface area contributed by atoms with Crippen molar-refractivity contribution in [2.24, 2.45) is 0 Å². The lowest BCUT2D eigenvalue weighted by Gasteiger charge is -2.32. The number of piperidine rings is 1. The number of aromatic nitrogens is 5. The number of hydrogen-bond donors (Lipinski definition) is 0. The van der Waals surface area contributed by atoms with E-state index in [2.05, 4.69) is 29.6 Å². The third-order valence-corrected chi connectivity index (χ3v) is 5.86. The Morgan fingerprint density at radius 3 is 2.77 bits per heavy atom. The summed E-state index contributed by atoms with van der Waals surface area (Å²) in [5.74, 6) is 3.91. The van der Waals surface area contributed by atoms with Gasteiger partial charge in [0.05, 0.1) is 0 Å². The smallest absolute Gasteiger partial charge is 0.228 e. The van der Waals surface area contributed by atoms with Crippen molar-refractivity contribution < 1.29 is 9.13 Å². The molecule has 1 fully saturated rings. The van der Waals surface area contributed by atoms with Crippen molar-refractivity contribution in [1.82, 2.24) is 24.7 Å². The zero-order valence-corrected chi connectivity index (χ0v) is 16.9. The van der Waals surface area contributed by atoms with Gasteiger partial charge >= 0.3 is 0 Å². The molecule has 2 aliphatic heterocycles. The van der Waals surface area contributed by atoms with Gasteiger partial charge in [0.1, 0.15) is 23.2 Å². The number of anilines is 1. The third kappa shape index (κ3) is 3.99. The molecule has 0 bridgehead atoms. The van der Waals surface area contributed by atoms with Crippen LogP contribution in [0.25, 0.3) is 0 Å². The molecule has 1 saturated heterocycles. The molecule has 156 valence electrons. The largest absolute Gasteiger partial charge is 0.439 e. The van der Waals surface area contributed by atoms with E-state index < -0.39 is 0 Å². The minimum Gasteiger partial charge on any atom is -0.439 e. The zero-order chi connectivity index (χ0) is 20.3. The number of halogens is 1. The second kappa shape index (κ2) is 8.38. The fraction of sp³-hybridized carbons (Fsp3) is 0.455. The van der Waals surface area contributed by atoms with E-state index in [1.54, 1.807) is 24.4 Å². The number of hydrogen-bond acceptors (Lipinski definition) is 6. The van der Waals surface area contributed by atoms with Crippen LogP contribution in [0.1, 0.15) is 49.7 Å². The maximum atomic E-state index is 13.1. The van der Waals surface area contributed by atoms with Crippen LogP contribution in [0.2, 0.25) is 0 Å². The van der Waals surface area contributed by atoms with Crippen LogP contribution in [-0.2, 0) is 13.0 Å². The first-order chi connectivity index (χ1) is 14.8. The fourth-order valence-electron chi connectivity index (χ4n) is 4.34. The summed E-state index contributed by atoms with van der Waals surface area (Å²) in [4.78, 5) is 11.3. The molecule has 1 unspecified atom stereocenters. The lowest BCUT2D eigenvalue weighted by atomic mass is 9.97. The Kier molecular flexibility index (Phi) is 5.29. The molecule has 1 aromatic carbocycles. The quantitative estimate of drug-likeness (QED) is 0.647. The predicted molar refractivity (Wildman–Crippen MR) is 110 cm³/mol. The van der Waals surface area contributed by atoms with E-state index in [4.69, 9.17) is 4.74 Å². The van der Waals surface area contributed by atoms with Crippen molar-refractivity contribution in [3.63, 3.8) is 0 Å². The van der Waals surface area contributed by atoms with Crippen LogP contribution in [0.4, 0.5) is 10.3 Å². The van der Waals surface area contributed by atoms with Gasteiger partial charge in [-0.2, -0.15) is 4.98 Å². The Hall–Kier alpha value is -3.03. The first-order valence-electron chi connectivity index (χ1n) is 10.7. The Morgan fingerprint density at radius 1 is 0.967 bits per heavy atom. The van der Waals surface area contributed by atoms with Gasteiger partial charge in [-0.05, 0) is 49.9 Å². The molecule has 2 aromatic heterocycles. The molecule has 3 aromatic rings. The van der Waals surface area contributed by atoms with Gasteiger partial charge in [-0.1, -0.05) is 6.42 Å². The van der Waals surface area contributed by atoms with Crippen LogP contribution in [0.3, 0.4) is 0 Å². The maximum Gasteiger partial charge on any atom is 0.228 e. The second-order valence-electron chi connectivity index (χ2n) is 7.97. The van der Waals surface area contributed by atoms with E-state index in [1.165, 1.54) is 31.4 Å². The molecule has 1 atom stereocenters. The summed E-state index contributed by atoms with van der Waals surface area (Å²) in [5.41, 5.74) is 0. The molecule has 7 nitrogen and oxygen atoms in total. The average molecular weight is 408 g/mol. The molecule has 30 heavy (non-hydrogen) atoms. The molecule has 5 rings (SSSR count). The van der Waals surface area contributed by atoms with E-state index >= 15 is 0 Å². The van der Waals surface area contributed by atoms with Crippen molar-refractivity contribution in [2.75, 3.05) is 18.0 Å². The first-order valence-corrected chi connectivity index (χ1v) is 10.7. The van der Waals surface area contributed by atoms with Gasteiger partial charge in [0, 0.05) is 44.2 Å². The van der Waals surface area contributed by atoms with Crippen molar-refractivity contribution in [1.29, 1.82) is 0 Å². The normalized spacial score (nSPS) is 19.2. The summed E-state index contributed by atoms with van der Waals surface area (Å²) in [6.07, 6.45) is 8.53. The number of rotatable bonds is 4. The molecule has 4 heterocycles. The number of nitrogens with zero attached hydrogens (tertiary/aromatic N) is 6. The summed E-state index contributed by atoms with van der Waals surface area (Å²) in [5, 5.41) is 9.04. The summed E-state index contributed by atoms with van der Waals surface area (Å²) in [6.45, 7) is 2.74. The molecule has 2 aliphatic rings. The summed E-state index contributed by atoms with van der Waals surface area (Å²) in [7, 11) is 0. The van der Waals surface area contributed by atoms with Crippen molar-refractivity contribution in [2.45, 2.75) is 51.0 Å². The Labute approximate surface area is 174 Å². The SMILES string of the molecule is Fc1ccc(Oc2ccnc(N3CCCC(c4nnc5n4CCCCC5)C3)n2)cc1. The number of ether oxygens (including phenoxy) is 1. The molecule has 0 saturated carbocycles. The lowest BCUT2D eigenvalue weighted by molar-refractivity contribution is 0.447. The van der Waals surface area contributed by atoms with Crippen LogP contribution < -0.4 is 9.64 Å². The van der Waals surface area contributed by atoms with Crippen molar-refractivity contribution in [3.8, 4) is 11.6 Å². The highest BCUT2D eigenvalue weighted by molar-refractivity contribution is 5.35. The molecule has 0 amide bonds. The second-order valence-corrected chi connectivity index (χ2v) is 7.97. The number of fused-ring (bicyclic) bond motifs is 1. The van der Waals surface area contributed by atoms with E-state index in [9.17, 15) is 4.39 Å².